The van der Waals surface area contributed by atoms with Gasteiger partial charge in [-0.3, -0.25) is 9.59 Å². The van der Waals surface area contributed by atoms with Gasteiger partial charge < -0.3 is 20.3 Å². The highest BCUT2D eigenvalue weighted by atomic mass is 16.6. The first kappa shape index (κ1) is 30.2. The van der Waals surface area contributed by atoms with Crippen molar-refractivity contribution in [1.82, 2.24) is 15.5 Å². The zero-order valence-electron chi connectivity index (χ0n) is 22.6. The van der Waals surface area contributed by atoms with Gasteiger partial charge in [-0.15, -0.1) is 6.58 Å². The van der Waals surface area contributed by atoms with Gasteiger partial charge in [0, 0.05) is 13.1 Å². The average molecular weight is 488 g/mol. The van der Waals surface area contributed by atoms with Crippen LogP contribution in [0.25, 0.3) is 0 Å². The lowest BCUT2D eigenvalue weighted by atomic mass is 9.95. The standard InChI is InChI=1S/C28H45N3O4/c1-9-12-13-18-29-25(32)24(22-16-14-20(4)15-17-22)31(19-10-2)26(33)23(21(5)11-3)30-27(34)35-28(6,7)8/h10,14-17,21,23-24H,2,9,11-13,18-19H2,1,3-8H3,(H,29,32)(H,30,34). The van der Waals surface area contributed by atoms with Gasteiger partial charge in [0.05, 0.1) is 0 Å². The van der Waals surface area contributed by atoms with Crippen LogP contribution in [0, 0.1) is 12.8 Å². The van der Waals surface area contributed by atoms with Gasteiger partial charge in [-0.25, -0.2) is 4.79 Å². The number of ether oxygens (including phenoxy) is 1. The van der Waals surface area contributed by atoms with Gasteiger partial charge in [0.1, 0.15) is 17.7 Å². The molecule has 1 aromatic rings. The minimum absolute atomic E-state index is 0.155. The van der Waals surface area contributed by atoms with Crippen LogP contribution < -0.4 is 10.6 Å². The van der Waals surface area contributed by atoms with E-state index in [1.165, 1.54) is 4.90 Å². The Morgan fingerprint density at radius 1 is 1.11 bits per heavy atom. The van der Waals surface area contributed by atoms with E-state index < -0.39 is 23.8 Å². The summed E-state index contributed by atoms with van der Waals surface area (Å²) in [4.78, 5) is 41.4. The molecule has 196 valence electrons. The fourth-order valence-corrected chi connectivity index (χ4v) is 3.66. The highest BCUT2D eigenvalue weighted by Crippen LogP contribution is 2.25. The van der Waals surface area contributed by atoms with E-state index in [4.69, 9.17) is 4.74 Å². The molecule has 0 saturated carbocycles. The number of unbranched alkanes of at least 4 members (excludes halogenated alkanes) is 2. The molecule has 0 fully saturated rings. The second-order valence-electron chi connectivity index (χ2n) is 10.1. The van der Waals surface area contributed by atoms with E-state index in [-0.39, 0.29) is 24.3 Å². The molecular formula is C28H45N3O4. The Balaban J connectivity index is 3.36. The predicted molar refractivity (Wildman–Crippen MR) is 141 cm³/mol. The first-order valence-corrected chi connectivity index (χ1v) is 12.7. The maximum atomic E-state index is 13.9. The quantitative estimate of drug-likeness (QED) is 0.292. The van der Waals surface area contributed by atoms with Crippen molar-refractivity contribution in [2.45, 2.75) is 91.8 Å². The summed E-state index contributed by atoms with van der Waals surface area (Å²) in [6.07, 6.45) is 4.53. The van der Waals surface area contributed by atoms with Crippen molar-refractivity contribution >= 4 is 17.9 Å². The van der Waals surface area contributed by atoms with Gasteiger partial charge in [-0.2, -0.15) is 0 Å². The lowest BCUT2D eigenvalue weighted by molar-refractivity contribution is -0.142. The van der Waals surface area contributed by atoms with Gasteiger partial charge in [-0.05, 0) is 45.6 Å². The SMILES string of the molecule is C=CCN(C(=O)C(NC(=O)OC(C)(C)C)C(C)CC)C(C(=O)NCCCCC)c1ccc(C)cc1. The molecule has 0 aliphatic heterocycles. The largest absolute Gasteiger partial charge is 0.444 e. The smallest absolute Gasteiger partial charge is 0.408 e. The van der Waals surface area contributed by atoms with E-state index in [1.807, 2.05) is 45.0 Å². The van der Waals surface area contributed by atoms with E-state index in [0.29, 0.717) is 18.5 Å². The topological polar surface area (TPSA) is 87.7 Å². The second kappa shape index (κ2) is 14.5. The molecule has 0 saturated heterocycles. The third kappa shape index (κ3) is 10.1. The molecule has 1 rings (SSSR count). The molecule has 1 aromatic carbocycles. The van der Waals surface area contributed by atoms with Gasteiger partial charge >= 0.3 is 6.09 Å². The van der Waals surface area contributed by atoms with Crippen LogP contribution in [-0.4, -0.2) is 47.5 Å². The number of rotatable bonds is 13. The number of amides is 3. The second-order valence-corrected chi connectivity index (χ2v) is 10.1. The lowest BCUT2D eigenvalue weighted by Gasteiger charge is -2.35. The van der Waals surface area contributed by atoms with Crippen molar-refractivity contribution in [2.24, 2.45) is 5.92 Å². The van der Waals surface area contributed by atoms with Crippen molar-refractivity contribution in [3.05, 3.63) is 48.0 Å². The number of carbonyl (C=O) groups is 3. The Hall–Kier alpha value is -2.83. The molecule has 0 aliphatic rings. The molecule has 3 amide bonds. The van der Waals surface area contributed by atoms with Gasteiger partial charge in [0.2, 0.25) is 11.8 Å². The molecule has 0 heterocycles. The number of carbonyl (C=O) groups excluding carboxylic acids is 3. The molecule has 7 heteroatoms. The fourth-order valence-electron chi connectivity index (χ4n) is 3.66. The molecule has 0 aliphatic carbocycles. The summed E-state index contributed by atoms with van der Waals surface area (Å²) in [7, 11) is 0. The molecular weight excluding hydrogens is 442 g/mol. The van der Waals surface area contributed by atoms with Crippen molar-refractivity contribution in [1.29, 1.82) is 0 Å². The number of alkyl carbamates (subject to hydrolysis) is 1. The lowest BCUT2D eigenvalue weighted by Crippen LogP contribution is -2.55. The van der Waals surface area contributed by atoms with Crippen molar-refractivity contribution in [3.8, 4) is 0 Å². The first-order valence-electron chi connectivity index (χ1n) is 12.7. The summed E-state index contributed by atoms with van der Waals surface area (Å²) in [5.74, 6) is -0.770. The summed E-state index contributed by atoms with van der Waals surface area (Å²) < 4.78 is 5.41. The van der Waals surface area contributed by atoms with Crippen LogP contribution >= 0.6 is 0 Å². The zero-order chi connectivity index (χ0) is 26.6. The molecule has 3 atom stereocenters. The molecule has 0 radical (unpaired) electrons. The molecule has 0 bridgehead atoms. The number of aryl methyl sites for hydroxylation is 1. The predicted octanol–water partition coefficient (Wildman–Crippen LogP) is 5.30. The van der Waals surface area contributed by atoms with Crippen LogP contribution in [0.1, 0.15) is 84.4 Å². The Kier molecular flexibility index (Phi) is 12.5. The third-order valence-electron chi connectivity index (χ3n) is 5.79. The van der Waals surface area contributed by atoms with E-state index in [0.717, 1.165) is 24.8 Å². The molecule has 35 heavy (non-hydrogen) atoms. The van der Waals surface area contributed by atoms with Gasteiger partial charge in [-0.1, -0.05) is 75.9 Å². The van der Waals surface area contributed by atoms with E-state index in [9.17, 15) is 14.4 Å². The van der Waals surface area contributed by atoms with Crippen molar-refractivity contribution < 1.29 is 19.1 Å². The average Bonchev–Trinajstić information content (AvgIpc) is 2.79. The summed E-state index contributed by atoms with van der Waals surface area (Å²) in [6, 6.07) is 5.89. The molecule has 7 nitrogen and oxygen atoms in total. The highest BCUT2D eigenvalue weighted by Gasteiger charge is 2.37. The minimum atomic E-state index is -0.852. The van der Waals surface area contributed by atoms with Gasteiger partial charge in [0.25, 0.3) is 0 Å². The number of nitrogens with one attached hydrogen (secondary N) is 2. The molecule has 3 unspecified atom stereocenters. The maximum Gasteiger partial charge on any atom is 0.408 e. The zero-order valence-corrected chi connectivity index (χ0v) is 22.6. The molecule has 2 N–H and O–H groups in total. The van der Waals surface area contributed by atoms with E-state index in [2.05, 4.69) is 24.1 Å². The summed E-state index contributed by atoms with van der Waals surface area (Å²) in [5.41, 5.74) is 1.07. The molecule has 0 aromatic heterocycles. The minimum Gasteiger partial charge on any atom is -0.444 e. The van der Waals surface area contributed by atoms with Crippen LogP contribution in [0.4, 0.5) is 4.79 Å². The van der Waals surface area contributed by atoms with Crippen LogP contribution in [0.5, 0.6) is 0 Å². The Bertz CT molecular complexity index is 830. The van der Waals surface area contributed by atoms with E-state index in [1.54, 1.807) is 26.8 Å². The fraction of sp³-hybridized carbons (Fsp3) is 0.607. The summed E-state index contributed by atoms with van der Waals surface area (Å²) in [6.45, 7) is 17.8. The Morgan fingerprint density at radius 3 is 2.26 bits per heavy atom. The maximum absolute atomic E-state index is 13.9. The van der Waals surface area contributed by atoms with Crippen LogP contribution in [0.2, 0.25) is 0 Å². The first-order chi connectivity index (χ1) is 16.4. The van der Waals surface area contributed by atoms with Crippen LogP contribution in [0.15, 0.2) is 36.9 Å². The normalized spacial score (nSPS) is 13.8. The highest BCUT2D eigenvalue weighted by molar-refractivity contribution is 5.92. The number of nitrogens with zero attached hydrogens (tertiary/aromatic N) is 1. The van der Waals surface area contributed by atoms with Crippen LogP contribution in [0.3, 0.4) is 0 Å². The molecule has 0 spiro atoms. The monoisotopic (exact) mass is 487 g/mol. The van der Waals surface area contributed by atoms with Crippen LogP contribution in [-0.2, 0) is 14.3 Å². The van der Waals surface area contributed by atoms with Gasteiger partial charge in [0.15, 0.2) is 0 Å². The Labute approximate surface area is 211 Å². The summed E-state index contributed by atoms with van der Waals surface area (Å²) >= 11 is 0. The number of hydrogen-bond acceptors (Lipinski definition) is 4. The van der Waals surface area contributed by atoms with E-state index >= 15 is 0 Å². The third-order valence-corrected chi connectivity index (χ3v) is 5.79. The Morgan fingerprint density at radius 2 is 1.74 bits per heavy atom. The van der Waals surface area contributed by atoms with Crippen molar-refractivity contribution in [3.63, 3.8) is 0 Å². The van der Waals surface area contributed by atoms with Crippen molar-refractivity contribution in [2.75, 3.05) is 13.1 Å². The number of benzene rings is 1. The summed E-state index contributed by atoms with van der Waals surface area (Å²) in [5, 5.41) is 5.76. The number of hydrogen-bond donors (Lipinski definition) is 2.